The summed E-state index contributed by atoms with van der Waals surface area (Å²) in [5, 5.41) is 0. The summed E-state index contributed by atoms with van der Waals surface area (Å²) >= 11 is 0. The number of rotatable bonds is 14. The van der Waals surface area contributed by atoms with Crippen molar-refractivity contribution in [3.8, 4) is 0 Å². The third-order valence-electron chi connectivity index (χ3n) is 2.58. The predicted molar refractivity (Wildman–Crippen MR) is 82.5 cm³/mol. The van der Waals surface area contributed by atoms with Gasteiger partial charge < -0.3 is 18.9 Å². The van der Waals surface area contributed by atoms with E-state index < -0.39 is 11.9 Å². The Morgan fingerprint density at radius 2 is 1.09 bits per heavy atom. The Labute approximate surface area is 132 Å². The van der Waals surface area contributed by atoms with Crippen molar-refractivity contribution < 1.29 is 28.5 Å². The van der Waals surface area contributed by atoms with E-state index in [9.17, 15) is 9.59 Å². The van der Waals surface area contributed by atoms with Crippen LogP contribution in [-0.4, -0.2) is 51.6 Å². The molecule has 0 aromatic heterocycles. The van der Waals surface area contributed by atoms with Crippen LogP contribution in [0.5, 0.6) is 0 Å². The van der Waals surface area contributed by atoms with Crippen LogP contribution in [0.3, 0.4) is 0 Å². The Bertz CT molecular complexity index is 284. The summed E-state index contributed by atoms with van der Waals surface area (Å²) in [4.78, 5) is 22.6. The molecule has 0 rings (SSSR count). The van der Waals surface area contributed by atoms with Crippen molar-refractivity contribution >= 4 is 11.9 Å². The van der Waals surface area contributed by atoms with Crippen molar-refractivity contribution in [2.45, 2.75) is 39.5 Å². The third kappa shape index (κ3) is 15.0. The molecule has 0 aliphatic carbocycles. The van der Waals surface area contributed by atoms with Gasteiger partial charge in [0.15, 0.2) is 0 Å². The fourth-order valence-corrected chi connectivity index (χ4v) is 1.33. The summed E-state index contributed by atoms with van der Waals surface area (Å²) in [6, 6.07) is 0. The lowest BCUT2D eigenvalue weighted by Crippen LogP contribution is -2.11. The van der Waals surface area contributed by atoms with Gasteiger partial charge in [-0.05, 0) is 12.8 Å². The van der Waals surface area contributed by atoms with Gasteiger partial charge in [0, 0.05) is 25.4 Å². The lowest BCUT2D eigenvalue weighted by molar-refractivity contribution is -0.142. The van der Waals surface area contributed by atoms with Gasteiger partial charge in [-0.15, -0.1) is 0 Å². The second kappa shape index (κ2) is 16.0. The molecule has 6 heteroatoms. The van der Waals surface area contributed by atoms with Crippen molar-refractivity contribution in [2.75, 3.05) is 39.6 Å². The number of unbranched alkanes of at least 4 members (excludes halogenated alkanes) is 2. The molecule has 6 nitrogen and oxygen atoms in total. The third-order valence-corrected chi connectivity index (χ3v) is 2.58. The Hall–Kier alpha value is -1.40. The fourth-order valence-electron chi connectivity index (χ4n) is 1.33. The topological polar surface area (TPSA) is 71.1 Å². The molecule has 0 aromatic carbocycles. The quantitative estimate of drug-likeness (QED) is 0.278. The van der Waals surface area contributed by atoms with Gasteiger partial charge in [0.05, 0.1) is 13.2 Å². The molecule has 0 aromatic rings. The van der Waals surface area contributed by atoms with Crippen molar-refractivity contribution in [2.24, 2.45) is 0 Å². The van der Waals surface area contributed by atoms with Crippen LogP contribution in [0.15, 0.2) is 12.2 Å². The molecule has 0 spiro atoms. The van der Waals surface area contributed by atoms with Gasteiger partial charge in [-0.25, -0.2) is 9.59 Å². The average molecular weight is 316 g/mol. The van der Waals surface area contributed by atoms with Gasteiger partial charge in [-0.3, -0.25) is 0 Å². The lowest BCUT2D eigenvalue weighted by Gasteiger charge is -2.04. The van der Waals surface area contributed by atoms with Gasteiger partial charge in [0.25, 0.3) is 0 Å². The molecule has 0 radical (unpaired) electrons. The lowest BCUT2D eigenvalue weighted by atomic mass is 10.4. The molecule has 0 atom stereocenters. The van der Waals surface area contributed by atoms with E-state index in [2.05, 4.69) is 13.8 Å². The van der Waals surface area contributed by atoms with Crippen LogP contribution >= 0.6 is 0 Å². The molecule has 0 aliphatic heterocycles. The smallest absolute Gasteiger partial charge is 0.331 e. The van der Waals surface area contributed by atoms with Crippen molar-refractivity contribution in [1.82, 2.24) is 0 Å². The van der Waals surface area contributed by atoms with Crippen molar-refractivity contribution in [3.63, 3.8) is 0 Å². The highest BCUT2D eigenvalue weighted by molar-refractivity contribution is 5.91. The molecule has 0 heterocycles. The molecule has 0 saturated carbocycles. The first-order valence-corrected chi connectivity index (χ1v) is 7.87. The number of ether oxygens (including phenoxy) is 4. The maximum Gasteiger partial charge on any atom is 0.331 e. The minimum Gasteiger partial charge on any atom is -0.460 e. The van der Waals surface area contributed by atoms with Crippen LogP contribution < -0.4 is 0 Å². The minimum absolute atomic E-state index is 0.174. The fraction of sp³-hybridized carbons (Fsp3) is 0.750. The molecule has 0 bridgehead atoms. The van der Waals surface area contributed by atoms with Crippen molar-refractivity contribution in [3.05, 3.63) is 12.2 Å². The van der Waals surface area contributed by atoms with E-state index in [0.29, 0.717) is 26.4 Å². The average Bonchev–Trinajstić information content (AvgIpc) is 2.52. The van der Waals surface area contributed by atoms with E-state index in [4.69, 9.17) is 18.9 Å². The van der Waals surface area contributed by atoms with E-state index in [1.165, 1.54) is 0 Å². The maximum absolute atomic E-state index is 11.3. The minimum atomic E-state index is -0.588. The zero-order valence-corrected chi connectivity index (χ0v) is 13.7. The summed E-state index contributed by atoms with van der Waals surface area (Å²) < 4.78 is 20.2. The van der Waals surface area contributed by atoms with Crippen LogP contribution in [0.4, 0.5) is 0 Å². The Morgan fingerprint density at radius 3 is 1.45 bits per heavy atom. The zero-order chi connectivity index (χ0) is 16.5. The number of carbonyl (C=O) groups excluding carboxylic acids is 2. The molecule has 0 saturated heterocycles. The van der Waals surface area contributed by atoms with Crippen LogP contribution in [0.25, 0.3) is 0 Å². The largest absolute Gasteiger partial charge is 0.460 e. The monoisotopic (exact) mass is 316 g/mol. The highest BCUT2D eigenvalue weighted by Crippen LogP contribution is 1.91. The molecule has 0 unspecified atom stereocenters. The molecule has 0 N–H and O–H groups in total. The Balaban J connectivity index is 3.51. The van der Waals surface area contributed by atoms with E-state index >= 15 is 0 Å². The number of hydrogen-bond donors (Lipinski definition) is 0. The van der Waals surface area contributed by atoms with Crippen molar-refractivity contribution in [1.29, 1.82) is 0 Å². The second-order valence-corrected chi connectivity index (χ2v) is 4.60. The van der Waals surface area contributed by atoms with E-state index in [-0.39, 0.29) is 13.2 Å². The molecule has 0 aliphatic rings. The molecular weight excluding hydrogens is 288 g/mol. The summed E-state index contributed by atoms with van der Waals surface area (Å²) in [5.74, 6) is -1.18. The molecular formula is C16H28O6. The number of carbonyl (C=O) groups is 2. The number of esters is 2. The summed E-state index contributed by atoms with van der Waals surface area (Å²) in [6.07, 6.45) is 6.20. The first-order valence-electron chi connectivity index (χ1n) is 7.87. The second-order valence-electron chi connectivity index (χ2n) is 4.60. The SMILES string of the molecule is CCCCOCCOC(=O)C=CC(=O)OCCOCCCC. The van der Waals surface area contributed by atoms with Gasteiger partial charge in [0.2, 0.25) is 0 Å². The first-order chi connectivity index (χ1) is 10.7. The summed E-state index contributed by atoms with van der Waals surface area (Å²) in [6.45, 7) is 6.54. The van der Waals surface area contributed by atoms with E-state index in [1.807, 2.05) is 0 Å². The van der Waals surface area contributed by atoms with Crippen LogP contribution in [0.1, 0.15) is 39.5 Å². The van der Waals surface area contributed by atoms with Gasteiger partial charge >= 0.3 is 11.9 Å². The Kier molecular flexibility index (Phi) is 15.0. The maximum atomic E-state index is 11.3. The Morgan fingerprint density at radius 1 is 0.682 bits per heavy atom. The van der Waals surface area contributed by atoms with E-state index in [1.54, 1.807) is 0 Å². The molecule has 0 fully saturated rings. The standard InChI is InChI=1S/C16H28O6/c1-3-5-9-19-11-13-21-15(17)7-8-16(18)22-14-12-20-10-6-4-2/h7-8H,3-6,9-14H2,1-2H3. The van der Waals surface area contributed by atoms with Gasteiger partial charge in [-0.1, -0.05) is 26.7 Å². The summed E-state index contributed by atoms with van der Waals surface area (Å²) in [7, 11) is 0. The van der Waals surface area contributed by atoms with E-state index in [0.717, 1.165) is 37.8 Å². The normalized spacial score (nSPS) is 10.8. The van der Waals surface area contributed by atoms with Gasteiger partial charge in [-0.2, -0.15) is 0 Å². The molecule has 128 valence electrons. The molecule has 0 amide bonds. The first kappa shape index (κ1) is 20.6. The summed E-state index contributed by atoms with van der Waals surface area (Å²) in [5.41, 5.74) is 0. The predicted octanol–water partition coefficient (Wildman–Crippen LogP) is 2.26. The number of hydrogen-bond acceptors (Lipinski definition) is 6. The van der Waals surface area contributed by atoms with Crippen LogP contribution in [0, 0.1) is 0 Å². The van der Waals surface area contributed by atoms with Gasteiger partial charge in [0.1, 0.15) is 13.2 Å². The zero-order valence-electron chi connectivity index (χ0n) is 13.7. The molecule has 22 heavy (non-hydrogen) atoms. The highest BCUT2D eigenvalue weighted by Gasteiger charge is 2.01. The van der Waals surface area contributed by atoms with Crippen LogP contribution in [0.2, 0.25) is 0 Å². The highest BCUT2D eigenvalue weighted by atomic mass is 16.6. The van der Waals surface area contributed by atoms with Crippen LogP contribution in [-0.2, 0) is 28.5 Å².